The minimum absolute atomic E-state index is 0.0344. The molecule has 0 aliphatic rings. The third kappa shape index (κ3) is 5.17. The van der Waals surface area contributed by atoms with E-state index >= 15 is 0 Å². The smallest absolute Gasteiger partial charge is 0.337 e. The topological polar surface area (TPSA) is 92.7 Å². The van der Waals surface area contributed by atoms with Crippen LogP contribution < -0.4 is 4.72 Å². The van der Waals surface area contributed by atoms with Gasteiger partial charge in [-0.3, -0.25) is 4.72 Å². The number of aromatic carboxylic acids is 1. The molecule has 0 bridgehead atoms. The highest BCUT2D eigenvalue weighted by molar-refractivity contribution is 9.10. The predicted molar refractivity (Wildman–Crippen MR) is 75.0 cm³/mol. The van der Waals surface area contributed by atoms with Crippen molar-refractivity contribution in [3.05, 3.63) is 28.2 Å². The van der Waals surface area contributed by atoms with Crippen LogP contribution in [0, 0.1) is 0 Å². The Hall–Kier alpha value is -1.12. The fourth-order valence-electron chi connectivity index (χ4n) is 1.31. The van der Waals surface area contributed by atoms with Gasteiger partial charge in [-0.15, -0.1) is 0 Å². The van der Waals surface area contributed by atoms with Gasteiger partial charge < -0.3 is 9.84 Å². The summed E-state index contributed by atoms with van der Waals surface area (Å²) in [5.41, 5.74) is -0.0819. The lowest BCUT2D eigenvalue weighted by Crippen LogP contribution is -2.21. The van der Waals surface area contributed by atoms with Gasteiger partial charge in [-0.05, 0) is 25.1 Å². The van der Waals surface area contributed by atoms with Gasteiger partial charge in [0.2, 0.25) is 10.0 Å². The molecule has 0 saturated carbocycles. The van der Waals surface area contributed by atoms with E-state index in [1.54, 1.807) is 13.0 Å². The van der Waals surface area contributed by atoms with Crippen molar-refractivity contribution in [2.75, 3.05) is 23.7 Å². The SMILES string of the molecule is CCOCCS(=O)(=O)Nc1ccc(Br)cc1C(=O)O. The summed E-state index contributed by atoms with van der Waals surface area (Å²) >= 11 is 3.13. The molecule has 6 nitrogen and oxygen atoms in total. The van der Waals surface area contributed by atoms with Crippen LogP contribution in [0.4, 0.5) is 5.69 Å². The van der Waals surface area contributed by atoms with E-state index in [2.05, 4.69) is 20.7 Å². The van der Waals surface area contributed by atoms with Crippen molar-refractivity contribution < 1.29 is 23.1 Å². The summed E-state index contributed by atoms with van der Waals surface area (Å²) in [6.07, 6.45) is 0. The highest BCUT2D eigenvalue weighted by Gasteiger charge is 2.16. The number of sulfonamides is 1. The van der Waals surface area contributed by atoms with Crippen LogP contribution in [0.5, 0.6) is 0 Å². The minimum Gasteiger partial charge on any atom is -0.478 e. The second kappa shape index (κ2) is 6.88. The number of nitrogens with one attached hydrogen (secondary N) is 1. The molecule has 1 aromatic rings. The molecule has 0 heterocycles. The molecule has 0 radical (unpaired) electrons. The lowest BCUT2D eigenvalue weighted by molar-refractivity contribution is 0.0698. The van der Waals surface area contributed by atoms with Crippen LogP contribution in [0.25, 0.3) is 0 Å². The van der Waals surface area contributed by atoms with Gasteiger partial charge >= 0.3 is 5.97 Å². The first kappa shape index (κ1) is 15.9. The molecule has 1 aromatic carbocycles. The lowest BCUT2D eigenvalue weighted by atomic mass is 10.2. The number of carboxylic acids is 1. The molecule has 1 rings (SSSR count). The standard InChI is InChI=1S/C11H14BrNO5S/c1-2-18-5-6-19(16,17)13-10-4-3-8(12)7-9(10)11(14)15/h3-4,7,13H,2,5-6H2,1H3,(H,14,15). The van der Waals surface area contributed by atoms with Crippen LogP contribution in [-0.4, -0.2) is 38.5 Å². The Balaban J connectivity index is 2.90. The van der Waals surface area contributed by atoms with E-state index in [-0.39, 0.29) is 23.6 Å². The summed E-state index contributed by atoms with van der Waals surface area (Å²) in [7, 11) is -3.63. The molecule has 0 aromatic heterocycles. The van der Waals surface area contributed by atoms with Crippen LogP contribution in [0.1, 0.15) is 17.3 Å². The van der Waals surface area contributed by atoms with Crippen molar-refractivity contribution in [1.29, 1.82) is 0 Å². The molecular formula is C11H14BrNO5S. The first-order valence-corrected chi connectivity index (χ1v) is 7.91. The minimum atomic E-state index is -3.63. The number of carboxylic acid groups (broad SMARTS) is 1. The quantitative estimate of drug-likeness (QED) is 0.732. The normalized spacial score (nSPS) is 11.3. The molecule has 0 saturated heterocycles. The molecule has 0 aliphatic carbocycles. The van der Waals surface area contributed by atoms with E-state index in [0.717, 1.165) is 0 Å². The van der Waals surface area contributed by atoms with Gasteiger partial charge in [-0.2, -0.15) is 0 Å². The summed E-state index contributed by atoms with van der Waals surface area (Å²) in [5.74, 6) is -1.43. The Bertz CT molecular complexity index is 558. The maximum atomic E-state index is 11.7. The van der Waals surface area contributed by atoms with Crippen LogP contribution in [0.15, 0.2) is 22.7 Å². The number of hydrogen-bond acceptors (Lipinski definition) is 4. The average Bonchev–Trinajstić information content (AvgIpc) is 2.31. The van der Waals surface area contributed by atoms with E-state index in [0.29, 0.717) is 11.1 Å². The Kier molecular flexibility index (Phi) is 5.77. The molecule has 8 heteroatoms. The largest absolute Gasteiger partial charge is 0.478 e. The monoisotopic (exact) mass is 351 g/mol. The van der Waals surface area contributed by atoms with E-state index in [4.69, 9.17) is 9.84 Å². The van der Waals surface area contributed by atoms with Crippen molar-refractivity contribution in [2.45, 2.75) is 6.92 Å². The van der Waals surface area contributed by atoms with Crippen molar-refractivity contribution in [3.63, 3.8) is 0 Å². The Labute approximate surface area is 120 Å². The third-order valence-electron chi connectivity index (χ3n) is 2.18. The Morgan fingerprint density at radius 2 is 2.16 bits per heavy atom. The summed E-state index contributed by atoms with van der Waals surface area (Å²) in [6, 6.07) is 4.29. The van der Waals surface area contributed by atoms with Gasteiger partial charge in [0.05, 0.1) is 23.6 Å². The summed E-state index contributed by atoms with van der Waals surface area (Å²) in [5, 5.41) is 9.02. The number of rotatable bonds is 7. The first-order valence-electron chi connectivity index (χ1n) is 5.47. The van der Waals surface area contributed by atoms with E-state index in [1.165, 1.54) is 12.1 Å². The van der Waals surface area contributed by atoms with Gasteiger partial charge in [-0.25, -0.2) is 13.2 Å². The number of anilines is 1. The molecule has 0 aliphatic heterocycles. The fraction of sp³-hybridized carbons (Fsp3) is 0.364. The van der Waals surface area contributed by atoms with E-state index < -0.39 is 16.0 Å². The Morgan fingerprint density at radius 1 is 1.47 bits per heavy atom. The third-order valence-corrected chi connectivity index (χ3v) is 3.91. The van der Waals surface area contributed by atoms with Crippen LogP contribution in [-0.2, 0) is 14.8 Å². The summed E-state index contributed by atoms with van der Waals surface area (Å²) in [6.45, 7) is 2.25. The zero-order valence-corrected chi connectivity index (χ0v) is 12.6. The molecule has 2 N–H and O–H groups in total. The maximum Gasteiger partial charge on any atom is 0.337 e. The van der Waals surface area contributed by atoms with Gasteiger partial charge in [-0.1, -0.05) is 15.9 Å². The first-order chi connectivity index (χ1) is 8.85. The second-order valence-electron chi connectivity index (χ2n) is 3.61. The molecule has 0 amide bonds. The molecule has 0 fully saturated rings. The zero-order chi connectivity index (χ0) is 14.5. The maximum absolute atomic E-state index is 11.7. The summed E-state index contributed by atoms with van der Waals surface area (Å²) in [4.78, 5) is 11.0. The molecule has 19 heavy (non-hydrogen) atoms. The number of benzene rings is 1. The van der Waals surface area contributed by atoms with Crippen LogP contribution >= 0.6 is 15.9 Å². The molecule has 106 valence electrons. The lowest BCUT2D eigenvalue weighted by Gasteiger charge is -2.10. The van der Waals surface area contributed by atoms with Gasteiger partial charge in [0.1, 0.15) is 0 Å². The van der Waals surface area contributed by atoms with Crippen molar-refractivity contribution in [2.24, 2.45) is 0 Å². The van der Waals surface area contributed by atoms with Gasteiger partial charge in [0.25, 0.3) is 0 Å². The number of halogens is 1. The van der Waals surface area contributed by atoms with Crippen LogP contribution in [0.2, 0.25) is 0 Å². The van der Waals surface area contributed by atoms with Gasteiger partial charge in [0.15, 0.2) is 0 Å². The number of ether oxygens (including phenoxy) is 1. The zero-order valence-electron chi connectivity index (χ0n) is 10.2. The molecule has 0 unspecified atom stereocenters. The average molecular weight is 352 g/mol. The number of carbonyl (C=O) groups is 1. The second-order valence-corrected chi connectivity index (χ2v) is 6.37. The van der Waals surface area contributed by atoms with E-state index in [1.807, 2.05) is 0 Å². The van der Waals surface area contributed by atoms with Crippen molar-refractivity contribution in [3.8, 4) is 0 Å². The van der Waals surface area contributed by atoms with E-state index in [9.17, 15) is 13.2 Å². The van der Waals surface area contributed by atoms with Crippen LogP contribution in [0.3, 0.4) is 0 Å². The highest BCUT2D eigenvalue weighted by atomic mass is 79.9. The molecule has 0 atom stereocenters. The highest BCUT2D eigenvalue weighted by Crippen LogP contribution is 2.22. The molecular weight excluding hydrogens is 338 g/mol. The predicted octanol–water partition coefficient (Wildman–Crippen LogP) is 1.93. The number of hydrogen-bond donors (Lipinski definition) is 2. The Morgan fingerprint density at radius 3 is 2.74 bits per heavy atom. The summed E-state index contributed by atoms with van der Waals surface area (Å²) < 4.78 is 31.2. The van der Waals surface area contributed by atoms with Crippen molar-refractivity contribution >= 4 is 37.6 Å². The van der Waals surface area contributed by atoms with Crippen molar-refractivity contribution in [1.82, 2.24) is 0 Å². The molecule has 0 spiro atoms. The fourth-order valence-corrected chi connectivity index (χ4v) is 2.63. The van der Waals surface area contributed by atoms with Gasteiger partial charge in [0, 0.05) is 11.1 Å².